The Hall–Kier alpha value is -1.68. The normalized spacial score (nSPS) is 11.2. The van der Waals surface area contributed by atoms with Gasteiger partial charge in [-0.25, -0.2) is 0 Å². The molecule has 0 aliphatic heterocycles. The van der Waals surface area contributed by atoms with E-state index in [2.05, 4.69) is 0 Å². The van der Waals surface area contributed by atoms with Crippen molar-refractivity contribution in [1.82, 2.24) is 4.90 Å². The zero-order valence-electron chi connectivity index (χ0n) is 9.90. The minimum atomic E-state index is -0.358. The lowest BCUT2D eigenvalue weighted by Gasteiger charge is -2.10. The Bertz CT molecular complexity index is 455. The second kappa shape index (κ2) is 5.59. The van der Waals surface area contributed by atoms with E-state index in [4.69, 9.17) is 16.3 Å². The van der Waals surface area contributed by atoms with Crippen LogP contribution >= 0.6 is 11.6 Å². The first-order chi connectivity index (χ1) is 7.95. The SMILES string of the molecule is COc1ccc(C(=O)/C=C(\Cl)N(C)C)c(O)c1. The lowest BCUT2D eigenvalue weighted by atomic mass is 10.1. The van der Waals surface area contributed by atoms with Gasteiger partial charge in [-0.15, -0.1) is 0 Å². The predicted molar refractivity (Wildman–Crippen MR) is 66.6 cm³/mol. The first-order valence-electron chi connectivity index (χ1n) is 4.91. The third kappa shape index (κ3) is 3.39. The van der Waals surface area contributed by atoms with Crippen LogP contribution in [0, 0.1) is 0 Å². The van der Waals surface area contributed by atoms with E-state index >= 15 is 0 Å². The van der Waals surface area contributed by atoms with Gasteiger partial charge in [0.25, 0.3) is 0 Å². The zero-order chi connectivity index (χ0) is 13.0. The molecule has 1 aromatic carbocycles. The number of carbonyl (C=O) groups excluding carboxylic acids is 1. The van der Waals surface area contributed by atoms with Gasteiger partial charge in [0.05, 0.1) is 12.7 Å². The summed E-state index contributed by atoms with van der Waals surface area (Å²) in [6.45, 7) is 0. The molecule has 0 aliphatic rings. The summed E-state index contributed by atoms with van der Waals surface area (Å²) < 4.78 is 4.93. The number of phenolic OH excluding ortho intramolecular Hbond substituents is 1. The van der Waals surface area contributed by atoms with Crippen LogP contribution in [-0.2, 0) is 0 Å². The average molecular weight is 256 g/mol. The van der Waals surface area contributed by atoms with E-state index in [9.17, 15) is 9.90 Å². The van der Waals surface area contributed by atoms with Crippen LogP contribution in [0.15, 0.2) is 29.4 Å². The Morgan fingerprint density at radius 1 is 1.47 bits per heavy atom. The number of methoxy groups -OCH3 is 1. The number of nitrogens with zero attached hydrogens (tertiary/aromatic N) is 1. The van der Waals surface area contributed by atoms with Crippen LogP contribution < -0.4 is 4.74 Å². The molecule has 17 heavy (non-hydrogen) atoms. The van der Waals surface area contributed by atoms with E-state index in [1.165, 1.54) is 25.3 Å². The van der Waals surface area contributed by atoms with E-state index in [0.717, 1.165) is 0 Å². The Balaban J connectivity index is 3.01. The first kappa shape index (κ1) is 13.4. The van der Waals surface area contributed by atoms with Crippen molar-refractivity contribution in [3.05, 3.63) is 35.0 Å². The Morgan fingerprint density at radius 2 is 2.12 bits per heavy atom. The van der Waals surface area contributed by atoms with Gasteiger partial charge in [-0.2, -0.15) is 0 Å². The Labute approximate surface area is 105 Å². The lowest BCUT2D eigenvalue weighted by Crippen LogP contribution is -2.08. The van der Waals surface area contributed by atoms with Crippen molar-refractivity contribution in [3.8, 4) is 11.5 Å². The van der Waals surface area contributed by atoms with E-state index in [0.29, 0.717) is 10.9 Å². The highest BCUT2D eigenvalue weighted by molar-refractivity contribution is 6.31. The first-order valence-corrected chi connectivity index (χ1v) is 5.29. The fourth-order valence-corrected chi connectivity index (χ4v) is 1.26. The Kier molecular flexibility index (Phi) is 4.40. The zero-order valence-corrected chi connectivity index (χ0v) is 10.7. The van der Waals surface area contributed by atoms with Crippen LogP contribution in [0.4, 0.5) is 0 Å². The number of hydrogen-bond acceptors (Lipinski definition) is 4. The number of ether oxygens (including phenoxy) is 1. The number of aromatic hydroxyl groups is 1. The highest BCUT2D eigenvalue weighted by atomic mass is 35.5. The smallest absolute Gasteiger partial charge is 0.192 e. The van der Waals surface area contributed by atoms with Gasteiger partial charge in [-0.1, -0.05) is 11.6 Å². The molecule has 4 nitrogen and oxygen atoms in total. The van der Waals surface area contributed by atoms with Gasteiger partial charge in [0.2, 0.25) is 0 Å². The molecular formula is C12H14ClNO3. The molecule has 0 saturated carbocycles. The van der Waals surface area contributed by atoms with Gasteiger partial charge in [-0.05, 0) is 12.1 Å². The van der Waals surface area contributed by atoms with Crippen molar-refractivity contribution in [2.75, 3.05) is 21.2 Å². The van der Waals surface area contributed by atoms with Gasteiger partial charge in [-0.3, -0.25) is 4.79 Å². The number of carbonyl (C=O) groups is 1. The summed E-state index contributed by atoms with van der Waals surface area (Å²) in [5.41, 5.74) is 0.186. The van der Waals surface area contributed by atoms with Crippen LogP contribution in [0.25, 0.3) is 0 Å². The van der Waals surface area contributed by atoms with Crippen LogP contribution in [0.1, 0.15) is 10.4 Å². The average Bonchev–Trinajstić information content (AvgIpc) is 2.28. The maximum atomic E-state index is 11.8. The van der Waals surface area contributed by atoms with Gasteiger partial charge < -0.3 is 14.7 Å². The number of allylic oxidation sites excluding steroid dienone is 1. The molecular weight excluding hydrogens is 242 g/mol. The quantitative estimate of drug-likeness (QED) is 0.509. The molecule has 1 rings (SSSR count). The third-order valence-corrected chi connectivity index (χ3v) is 2.59. The molecule has 0 unspecified atom stereocenters. The van der Waals surface area contributed by atoms with Gasteiger partial charge in [0.15, 0.2) is 5.78 Å². The largest absolute Gasteiger partial charge is 0.507 e. The molecule has 92 valence electrons. The molecule has 1 N–H and O–H groups in total. The van der Waals surface area contributed by atoms with Gasteiger partial charge >= 0.3 is 0 Å². The van der Waals surface area contributed by atoms with Crippen molar-refractivity contribution in [1.29, 1.82) is 0 Å². The van der Waals surface area contributed by atoms with E-state index in [-0.39, 0.29) is 17.1 Å². The number of hydrogen-bond donors (Lipinski definition) is 1. The fraction of sp³-hybridized carbons (Fsp3) is 0.250. The van der Waals surface area contributed by atoms with Crippen molar-refractivity contribution in [2.24, 2.45) is 0 Å². The monoisotopic (exact) mass is 255 g/mol. The van der Waals surface area contributed by atoms with Crippen molar-refractivity contribution >= 4 is 17.4 Å². The highest BCUT2D eigenvalue weighted by Crippen LogP contribution is 2.24. The minimum Gasteiger partial charge on any atom is -0.507 e. The summed E-state index contributed by atoms with van der Waals surface area (Å²) in [5, 5.41) is 9.95. The summed E-state index contributed by atoms with van der Waals surface area (Å²) in [7, 11) is 4.93. The molecule has 0 heterocycles. The molecule has 0 bridgehead atoms. The molecule has 0 spiro atoms. The third-order valence-electron chi connectivity index (χ3n) is 2.15. The van der Waals surface area contributed by atoms with Gasteiger partial charge in [0.1, 0.15) is 16.7 Å². The van der Waals surface area contributed by atoms with Crippen LogP contribution in [0.3, 0.4) is 0 Å². The second-order valence-electron chi connectivity index (χ2n) is 3.61. The number of rotatable bonds is 4. The van der Waals surface area contributed by atoms with Crippen molar-refractivity contribution in [2.45, 2.75) is 0 Å². The lowest BCUT2D eigenvalue weighted by molar-refractivity contribution is 0.104. The van der Waals surface area contributed by atoms with E-state index < -0.39 is 0 Å². The Morgan fingerprint density at radius 3 is 2.59 bits per heavy atom. The number of halogens is 1. The fourth-order valence-electron chi connectivity index (χ4n) is 1.16. The standard InChI is InChI=1S/C12H14ClNO3/c1-14(2)12(13)7-11(16)9-5-4-8(17-3)6-10(9)15/h4-7,15H,1-3H3/b12-7+. The van der Waals surface area contributed by atoms with Crippen LogP contribution in [0.2, 0.25) is 0 Å². The summed E-state index contributed by atoms with van der Waals surface area (Å²) in [4.78, 5) is 13.4. The van der Waals surface area contributed by atoms with Crippen LogP contribution in [-0.4, -0.2) is 37.0 Å². The second-order valence-corrected chi connectivity index (χ2v) is 4.00. The summed E-state index contributed by atoms with van der Waals surface area (Å²) in [5.74, 6) is -0.000544. The molecule has 0 aliphatic carbocycles. The molecule has 0 atom stereocenters. The number of benzene rings is 1. The maximum Gasteiger partial charge on any atom is 0.192 e. The van der Waals surface area contributed by atoms with E-state index in [1.807, 2.05) is 0 Å². The maximum absolute atomic E-state index is 11.8. The summed E-state index contributed by atoms with van der Waals surface area (Å²) in [6.07, 6.45) is 1.25. The molecule has 0 fully saturated rings. The van der Waals surface area contributed by atoms with Crippen molar-refractivity contribution in [3.63, 3.8) is 0 Å². The molecule has 5 heteroatoms. The molecule has 0 saturated heterocycles. The molecule has 1 aromatic rings. The summed E-state index contributed by atoms with van der Waals surface area (Å²) >= 11 is 5.83. The number of phenols is 1. The van der Waals surface area contributed by atoms with Gasteiger partial charge in [0, 0.05) is 26.2 Å². The topological polar surface area (TPSA) is 49.8 Å². The molecule has 0 aromatic heterocycles. The van der Waals surface area contributed by atoms with Crippen molar-refractivity contribution < 1.29 is 14.6 Å². The molecule has 0 radical (unpaired) electrons. The summed E-state index contributed by atoms with van der Waals surface area (Å²) in [6, 6.07) is 4.47. The number of ketones is 1. The molecule has 0 amide bonds. The predicted octanol–water partition coefficient (Wildman–Crippen LogP) is 2.23. The minimum absolute atomic E-state index is 0.131. The highest BCUT2D eigenvalue weighted by Gasteiger charge is 2.11. The van der Waals surface area contributed by atoms with Crippen LogP contribution in [0.5, 0.6) is 11.5 Å². The van der Waals surface area contributed by atoms with E-state index in [1.54, 1.807) is 25.1 Å².